The van der Waals surface area contributed by atoms with Gasteiger partial charge >= 0.3 is 5.97 Å². The van der Waals surface area contributed by atoms with Gasteiger partial charge < -0.3 is 44.7 Å². The van der Waals surface area contributed by atoms with Crippen LogP contribution in [0.1, 0.15) is 18.4 Å². The van der Waals surface area contributed by atoms with E-state index in [1.165, 1.54) is 24.3 Å². The first kappa shape index (κ1) is 37.7. The molecule has 14 nitrogen and oxygen atoms in total. The molecule has 0 bridgehead atoms. The number of aliphatic carboxylic acids is 1. The minimum absolute atomic E-state index is 0.0755. The third-order valence-electron chi connectivity index (χ3n) is 5.91. The van der Waals surface area contributed by atoms with Gasteiger partial charge in [0.25, 0.3) is 0 Å². The van der Waals surface area contributed by atoms with Gasteiger partial charge in [-0.05, 0) is 48.4 Å². The van der Waals surface area contributed by atoms with Crippen LogP contribution in [0.3, 0.4) is 0 Å². The largest absolute Gasteiger partial charge is 0.480 e. The van der Waals surface area contributed by atoms with Gasteiger partial charge in [0, 0.05) is 19.5 Å². The Morgan fingerprint density at radius 3 is 1.91 bits per heavy atom. The molecule has 0 saturated heterocycles. The maximum Gasteiger partial charge on any atom is 0.326 e. The van der Waals surface area contributed by atoms with E-state index in [4.69, 9.17) is 23.7 Å². The van der Waals surface area contributed by atoms with Crippen molar-refractivity contribution in [2.45, 2.75) is 25.3 Å². The Labute approximate surface area is 265 Å². The monoisotopic (exact) mass is 648 g/mol. The Balaban J connectivity index is 1.51. The van der Waals surface area contributed by atoms with Crippen LogP contribution in [-0.4, -0.2) is 107 Å². The minimum atomic E-state index is -1.26. The summed E-state index contributed by atoms with van der Waals surface area (Å²) in [5.41, 5.74) is 0.621. The van der Waals surface area contributed by atoms with Crippen molar-refractivity contribution < 1.29 is 57.2 Å². The highest BCUT2D eigenvalue weighted by molar-refractivity contribution is 5.85. The predicted octanol–water partition coefficient (Wildman–Crippen LogP) is 0.919. The SMILES string of the molecule is O=[C]COCCOCCNC(=O)COCCOCCNC(=O)CC[C@H](NC(=O)Cc1ccc(Oc2ccc(F)cc2)cc1)C(=O)O. The van der Waals surface area contributed by atoms with Crippen LogP contribution in [0.25, 0.3) is 0 Å². The number of rotatable bonds is 25. The molecule has 251 valence electrons. The topological polar surface area (TPSA) is 188 Å². The van der Waals surface area contributed by atoms with Gasteiger partial charge in [-0.1, -0.05) is 12.1 Å². The molecule has 0 heterocycles. The number of ether oxygens (including phenoxy) is 5. The normalized spacial score (nSPS) is 11.3. The average Bonchev–Trinajstić information content (AvgIpc) is 3.03. The average molecular weight is 649 g/mol. The van der Waals surface area contributed by atoms with Gasteiger partial charge in [0.15, 0.2) is 0 Å². The molecule has 3 amide bonds. The number of amides is 3. The van der Waals surface area contributed by atoms with E-state index in [0.717, 1.165) is 0 Å². The summed E-state index contributed by atoms with van der Waals surface area (Å²) in [6, 6.07) is 10.9. The molecule has 2 rings (SSSR count). The van der Waals surface area contributed by atoms with Crippen LogP contribution in [0, 0.1) is 5.82 Å². The van der Waals surface area contributed by atoms with Gasteiger partial charge in [-0.2, -0.15) is 0 Å². The lowest BCUT2D eigenvalue weighted by molar-refractivity contribution is -0.142. The van der Waals surface area contributed by atoms with Crippen LogP contribution in [0.4, 0.5) is 4.39 Å². The lowest BCUT2D eigenvalue weighted by atomic mass is 10.1. The van der Waals surface area contributed by atoms with Gasteiger partial charge in [0.1, 0.15) is 36.6 Å². The number of carboxylic acids is 1. The van der Waals surface area contributed by atoms with E-state index in [9.17, 15) is 33.5 Å². The van der Waals surface area contributed by atoms with Gasteiger partial charge in [0.05, 0.1) is 46.1 Å². The fraction of sp³-hybridized carbons (Fsp3) is 0.452. The first-order chi connectivity index (χ1) is 22.3. The molecule has 2 aromatic carbocycles. The Morgan fingerprint density at radius 1 is 0.739 bits per heavy atom. The fourth-order valence-corrected chi connectivity index (χ4v) is 3.66. The van der Waals surface area contributed by atoms with E-state index in [2.05, 4.69) is 16.0 Å². The quantitative estimate of drug-likeness (QED) is 0.112. The molecule has 2 aromatic rings. The van der Waals surface area contributed by atoms with Gasteiger partial charge in [-0.25, -0.2) is 9.18 Å². The van der Waals surface area contributed by atoms with E-state index in [1.54, 1.807) is 30.6 Å². The van der Waals surface area contributed by atoms with Crippen LogP contribution in [-0.2, 0) is 49.3 Å². The van der Waals surface area contributed by atoms with Crippen LogP contribution in [0.5, 0.6) is 11.5 Å². The maximum atomic E-state index is 13.0. The number of hydrogen-bond donors (Lipinski definition) is 4. The smallest absolute Gasteiger partial charge is 0.326 e. The van der Waals surface area contributed by atoms with Crippen molar-refractivity contribution in [3.8, 4) is 11.5 Å². The first-order valence-corrected chi connectivity index (χ1v) is 14.5. The summed E-state index contributed by atoms with van der Waals surface area (Å²) in [6.45, 7) is 1.61. The molecule has 0 spiro atoms. The third-order valence-corrected chi connectivity index (χ3v) is 5.91. The molecule has 15 heteroatoms. The van der Waals surface area contributed by atoms with Crippen molar-refractivity contribution in [2.75, 3.05) is 65.9 Å². The van der Waals surface area contributed by atoms with Crippen LogP contribution in [0.2, 0.25) is 0 Å². The number of hydrogen-bond acceptors (Lipinski definition) is 10. The second kappa shape index (κ2) is 23.0. The molecule has 4 N–H and O–H groups in total. The summed E-state index contributed by atoms with van der Waals surface area (Å²) in [6.07, 6.45) is 1.30. The summed E-state index contributed by atoms with van der Waals surface area (Å²) in [5, 5.41) is 17.1. The van der Waals surface area contributed by atoms with Crippen molar-refractivity contribution in [1.82, 2.24) is 16.0 Å². The lowest BCUT2D eigenvalue weighted by Gasteiger charge is -2.15. The number of nitrogens with one attached hydrogen (secondary N) is 3. The molecular formula is C31H39FN3O11. The molecule has 46 heavy (non-hydrogen) atoms. The molecule has 0 aliphatic heterocycles. The Hall–Kier alpha value is -4.44. The number of carbonyl (C=O) groups excluding carboxylic acids is 4. The molecule has 0 aromatic heterocycles. The van der Waals surface area contributed by atoms with Crippen molar-refractivity contribution in [3.63, 3.8) is 0 Å². The predicted molar refractivity (Wildman–Crippen MR) is 160 cm³/mol. The van der Waals surface area contributed by atoms with Gasteiger partial charge in [-0.3, -0.25) is 19.2 Å². The molecule has 0 fully saturated rings. The lowest BCUT2D eigenvalue weighted by Crippen LogP contribution is -2.42. The highest BCUT2D eigenvalue weighted by Crippen LogP contribution is 2.22. The maximum absolute atomic E-state index is 13.0. The fourth-order valence-electron chi connectivity index (χ4n) is 3.66. The zero-order valence-corrected chi connectivity index (χ0v) is 25.3. The minimum Gasteiger partial charge on any atom is -0.480 e. The van der Waals surface area contributed by atoms with Crippen LogP contribution >= 0.6 is 0 Å². The third kappa shape index (κ3) is 17.8. The van der Waals surface area contributed by atoms with Crippen LogP contribution in [0.15, 0.2) is 48.5 Å². The number of benzene rings is 2. The van der Waals surface area contributed by atoms with Crippen molar-refractivity contribution in [2.24, 2.45) is 0 Å². The van der Waals surface area contributed by atoms with Gasteiger partial charge in [0.2, 0.25) is 24.0 Å². The summed E-state index contributed by atoms with van der Waals surface area (Å²) in [7, 11) is 0. The molecule has 1 radical (unpaired) electrons. The summed E-state index contributed by atoms with van der Waals surface area (Å²) >= 11 is 0. The molecule has 1 atom stereocenters. The number of carboxylic acid groups (broad SMARTS) is 1. The van der Waals surface area contributed by atoms with Crippen LogP contribution < -0.4 is 20.7 Å². The van der Waals surface area contributed by atoms with E-state index in [0.29, 0.717) is 30.2 Å². The molecular weight excluding hydrogens is 609 g/mol. The number of carbonyl (C=O) groups is 4. The molecule has 0 saturated carbocycles. The zero-order chi connectivity index (χ0) is 33.4. The van der Waals surface area contributed by atoms with E-state index in [-0.39, 0.29) is 83.8 Å². The summed E-state index contributed by atoms with van der Waals surface area (Å²) < 4.78 is 39.3. The van der Waals surface area contributed by atoms with Crippen molar-refractivity contribution in [3.05, 3.63) is 59.9 Å². The Bertz CT molecular complexity index is 1210. The standard InChI is InChI=1S/C31H39FN3O11/c32-24-3-7-26(8-4-24)46-25-5-1-23(2-6-25)21-29(38)35-27(31(40)41)9-10-28(37)33-11-14-43-19-20-45-22-30(39)34-12-15-42-17-18-44-16-13-36/h1-8,27H,9-12,14-22H2,(H,33,37)(H,34,39)(H,35,38)(H,40,41)/t27-/m0/s1. The summed E-state index contributed by atoms with van der Waals surface area (Å²) in [4.78, 5) is 57.8. The van der Waals surface area contributed by atoms with E-state index in [1.807, 2.05) is 0 Å². The highest BCUT2D eigenvalue weighted by atomic mass is 19.1. The van der Waals surface area contributed by atoms with Gasteiger partial charge in [-0.15, -0.1) is 0 Å². The Kier molecular flexibility index (Phi) is 18.9. The molecule has 0 aliphatic rings. The van der Waals surface area contributed by atoms with Crippen molar-refractivity contribution in [1.29, 1.82) is 0 Å². The number of halogens is 1. The molecule has 0 unspecified atom stereocenters. The molecule has 0 aliphatic carbocycles. The first-order valence-electron chi connectivity index (χ1n) is 14.5. The van der Waals surface area contributed by atoms with E-state index < -0.39 is 23.8 Å². The zero-order valence-electron chi connectivity index (χ0n) is 25.3. The van der Waals surface area contributed by atoms with E-state index >= 15 is 0 Å². The Morgan fingerprint density at radius 2 is 1.30 bits per heavy atom. The van der Waals surface area contributed by atoms with Crippen molar-refractivity contribution >= 4 is 30.0 Å². The highest BCUT2D eigenvalue weighted by Gasteiger charge is 2.21. The second-order valence-electron chi connectivity index (χ2n) is 9.55. The second-order valence-corrected chi connectivity index (χ2v) is 9.55. The summed E-state index contributed by atoms with van der Waals surface area (Å²) in [5.74, 6) is -1.94.